The van der Waals surface area contributed by atoms with Crippen LogP contribution < -0.4 is 10.9 Å². The Balaban J connectivity index is 1.89. The van der Waals surface area contributed by atoms with Crippen molar-refractivity contribution in [2.75, 3.05) is 0 Å². The number of carbonyl (C=O) groups excluding carboxylic acids is 2. The Morgan fingerprint density at radius 2 is 1.65 bits per heavy atom. The molecule has 0 aromatic heterocycles. The van der Waals surface area contributed by atoms with Crippen LogP contribution in [0.15, 0.2) is 48.5 Å². The Bertz CT molecular complexity index is 756. The number of benzene rings is 2. The van der Waals surface area contributed by atoms with Gasteiger partial charge >= 0.3 is 0 Å². The molecule has 0 saturated heterocycles. The van der Waals surface area contributed by atoms with Crippen LogP contribution in [0.3, 0.4) is 0 Å². The lowest BCUT2D eigenvalue weighted by atomic mass is 10.1. The maximum atomic E-state index is 11.8. The van der Waals surface area contributed by atoms with E-state index in [-0.39, 0.29) is 5.91 Å². The van der Waals surface area contributed by atoms with Crippen LogP contribution in [0.5, 0.6) is 0 Å². The van der Waals surface area contributed by atoms with Crippen molar-refractivity contribution in [2.45, 2.75) is 6.92 Å². The minimum atomic E-state index is -0.462. The molecule has 2 amide bonds. The van der Waals surface area contributed by atoms with Gasteiger partial charge in [-0.25, -0.2) is 0 Å². The van der Waals surface area contributed by atoms with Gasteiger partial charge in [0, 0.05) is 11.6 Å². The molecule has 0 radical (unpaired) electrons. The van der Waals surface area contributed by atoms with Gasteiger partial charge in [0.25, 0.3) is 11.8 Å². The first-order valence-corrected chi connectivity index (χ1v) is 7.51. The highest BCUT2D eigenvalue weighted by Crippen LogP contribution is 2.23. The molecule has 0 bridgehead atoms. The number of hydrogen-bond acceptors (Lipinski definition) is 2. The fourth-order valence-corrected chi connectivity index (χ4v) is 2.03. The van der Waals surface area contributed by atoms with Crippen molar-refractivity contribution in [3.8, 4) is 0 Å². The molecule has 2 rings (SSSR count). The predicted molar refractivity (Wildman–Crippen MR) is 92.3 cm³/mol. The van der Waals surface area contributed by atoms with E-state index in [0.29, 0.717) is 15.6 Å². The highest BCUT2D eigenvalue weighted by molar-refractivity contribution is 6.42. The summed E-state index contributed by atoms with van der Waals surface area (Å²) in [6.07, 6.45) is 2.85. The summed E-state index contributed by atoms with van der Waals surface area (Å²) in [6.45, 7) is 1.93. The van der Waals surface area contributed by atoms with Crippen LogP contribution in [-0.2, 0) is 4.79 Å². The third-order valence-electron chi connectivity index (χ3n) is 2.98. The first kappa shape index (κ1) is 17.1. The van der Waals surface area contributed by atoms with Crippen LogP contribution in [0.4, 0.5) is 0 Å². The van der Waals surface area contributed by atoms with E-state index in [9.17, 15) is 9.59 Å². The molecule has 6 heteroatoms. The van der Waals surface area contributed by atoms with Gasteiger partial charge in [-0.2, -0.15) is 0 Å². The Labute approximate surface area is 144 Å². The molecule has 0 saturated carbocycles. The first-order valence-electron chi connectivity index (χ1n) is 6.76. The molecule has 4 nitrogen and oxygen atoms in total. The molecule has 118 valence electrons. The minimum absolute atomic E-state index is 0.388. The van der Waals surface area contributed by atoms with Gasteiger partial charge in [0.15, 0.2) is 0 Å². The second-order valence-corrected chi connectivity index (χ2v) is 5.63. The smallest absolute Gasteiger partial charge is 0.268 e. The molecule has 0 spiro atoms. The fraction of sp³-hybridized carbons (Fsp3) is 0.0588. The van der Waals surface area contributed by atoms with Crippen LogP contribution in [0, 0.1) is 6.92 Å². The molecule has 0 heterocycles. The Morgan fingerprint density at radius 1 is 0.957 bits per heavy atom. The van der Waals surface area contributed by atoms with Crippen LogP contribution in [0.1, 0.15) is 21.5 Å². The van der Waals surface area contributed by atoms with Gasteiger partial charge in [-0.15, -0.1) is 0 Å². The van der Waals surface area contributed by atoms with Crippen molar-refractivity contribution in [3.05, 3.63) is 75.3 Å². The van der Waals surface area contributed by atoms with Gasteiger partial charge in [0.1, 0.15) is 0 Å². The summed E-state index contributed by atoms with van der Waals surface area (Å²) < 4.78 is 0. The van der Waals surface area contributed by atoms with E-state index >= 15 is 0 Å². The molecular formula is C17H14Cl2N2O2. The molecule has 0 aliphatic rings. The molecule has 2 N–H and O–H groups in total. The van der Waals surface area contributed by atoms with Gasteiger partial charge in [-0.3, -0.25) is 20.4 Å². The Hall–Kier alpha value is -2.30. The summed E-state index contributed by atoms with van der Waals surface area (Å²) in [5.74, 6) is -0.849. The molecule has 0 fully saturated rings. The number of rotatable bonds is 3. The van der Waals surface area contributed by atoms with E-state index < -0.39 is 5.91 Å². The van der Waals surface area contributed by atoms with Crippen LogP contribution in [0.25, 0.3) is 6.08 Å². The number of hydrazine groups is 1. The zero-order chi connectivity index (χ0) is 16.8. The number of carbonyl (C=O) groups is 2. The topological polar surface area (TPSA) is 58.2 Å². The second kappa shape index (κ2) is 7.81. The lowest BCUT2D eigenvalue weighted by molar-refractivity contribution is -0.117. The summed E-state index contributed by atoms with van der Waals surface area (Å²) in [4.78, 5) is 23.5. The maximum absolute atomic E-state index is 11.8. The summed E-state index contributed by atoms with van der Waals surface area (Å²) in [7, 11) is 0. The largest absolute Gasteiger partial charge is 0.269 e. The third-order valence-corrected chi connectivity index (χ3v) is 3.72. The standard InChI is InChI=1S/C17H14Cl2N2O2/c1-11-2-6-13(7-3-11)17(23)21-20-16(22)9-5-12-4-8-14(18)15(19)10-12/h2-10H,1H3,(H,20,22)(H,21,23)/b9-5+. The normalized spacial score (nSPS) is 10.6. The van der Waals surface area contributed by atoms with Crippen molar-refractivity contribution in [3.63, 3.8) is 0 Å². The number of amides is 2. The number of nitrogens with one attached hydrogen (secondary N) is 2. The van der Waals surface area contributed by atoms with Crippen molar-refractivity contribution in [1.29, 1.82) is 0 Å². The van der Waals surface area contributed by atoms with Gasteiger partial charge in [0.05, 0.1) is 10.0 Å². The monoisotopic (exact) mass is 348 g/mol. The SMILES string of the molecule is Cc1ccc(C(=O)NNC(=O)/C=C/c2ccc(Cl)c(Cl)c2)cc1. The van der Waals surface area contributed by atoms with Crippen LogP contribution in [0.2, 0.25) is 10.0 Å². The van der Waals surface area contributed by atoms with E-state index in [0.717, 1.165) is 11.1 Å². The molecule has 2 aromatic rings. The number of hydrogen-bond donors (Lipinski definition) is 2. The van der Waals surface area contributed by atoms with E-state index in [4.69, 9.17) is 23.2 Å². The Morgan fingerprint density at radius 3 is 2.30 bits per heavy atom. The quantitative estimate of drug-likeness (QED) is 0.655. The molecule has 0 aliphatic carbocycles. The predicted octanol–water partition coefficient (Wildman–Crippen LogP) is 3.78. The summed E-state index contributed by atoms with van der Waals surface area (Å²) >= 11 is 11.7. The second-order valence-electron chi connectivity index (χ2n) is 4.82. The third kappa shape index (κ3) is 5.13. The maximum Gasteiger partial charge on any atom is 0.269 e. The van der Waals surface area contributed by atoms with Crippen molar-refractivity contribution >= 4 is 41.1 Å². The average molecular weight is 349 g/mol. The summed E-state index contributed by atoms with van der Waals surface area (Å²) in [5, 5.41) is 0.848. The van der Waals surface area contributed by atoms with E-state index in [1.807, 2.05) is 19.1 Å². The van der Waals surface area contributed by atoms with Crippen LogP contribution in [-0.4, -0.2) is 11.8 Å². The van der Waals surface area contributed by atoms with Gasteiger partial charge in [0.2, 0.25) is 0 Å². The lowest BCUT2D eigenvalue weighted by Gasteiger charge is -2.05. The average Bonchev–Trinajstić information content (AvgIpc) is 2.54. The first-order chi connectivity index (χ1) is 11.0. The fourth-order valence-electron chi connectivity index (χ4n) is 1.73. The van der Waals surface area contributed by atoms with Gasteiger partial charge in [-0.1, -0.05) is 47.0 Å². The zero-order valence-corrected chi connectivity index (χ0v) is 13.8. The summed E-state index contributed by atoms with van der Waals surface area (Å²) in [6, 6.07) is 12.0. The van der Waals surface area contributed by atoms with Crippen molar-refractivity contribution < 1.29 is 9.59 Å². The minimum Gasteiger partial charge on any atom is -0.268 e. The van der Waals surface area contributed by atoms with E-state index in [2.05, 4.69) is 10.9 Å². The lowest BCUT2D eigenvalue weighted by Crippen LogP contribution is -2.40. The summed E-state index contributed by atoms with van der Waals surface area (Å²) in [5.41, 5.74) is 6.88. The molecule has 23 heavy (non-hydrogen) atoms. The van der Waals surface area contributed by atoms with Gasteiger partial charge < -0.3 is 0 Å². The zero-order valence-electron chi connectivity index (χ0n) is 12.3. The highest BCUT2D eigenvalue weighted by Gasteiger charge is 2.05. The van der Waals surface area contributed by atoms with E-state index in [1.54, 1.807) is 36.4 Å². The van der Waals surface area contributed by atoms with Gasteiger partial charge in [-0.05, 0) is 42.8 Å². The Kier molecular flexibility index (Phi) is 5.79. The molecule has 0 aliphatic heterocycles. The molecule has 2 aromatic carbocycles. The number of aryl methyl sites for hydroxylation is 1. The van der Waals surface area contributed by atoms with Crippen molar-refractivity contribution in [1.82, 2.24) is 10.9 Å². The van der Waals surface area contributed by atoms with Crippen LogP contribution >= 0.6 is 23.2 Å². The molecular weight excluding hydrogens is 335 g/mol. The number of halogens is 2. The molecule has 0 atom stereocenters. The highest BCUT2D eigenvalue weighted by atomic mass is 35.5. The molecule has 0 unspecified atom stereocenters. The van der Waals surface area contributed by atoms with E-state index in [1.165, 1.54) is 6.08 Å². The van der Waals surface area contributed by atoms with Crippen molar-refractivity contribution in [2.24, 2.45) is 0 Å².